The fourth-order valence-corrected chi connectivity index (χ4v) is 4.03. The Morgan fingerprint density at radius 2 is 1.86 bits per heavy atom. The van der Waals surface area contributed by atoms with Gasteiger partial charge in [0.05, 0.1) is 13.0 Å². The summed E-state index contributed by atoms with van der Waals surface area (Å²) in [4.78, 5) is 13.1. The Morgan fingerprint density at radius 3 is 2.46 bits per heavy atom. The normalized spacial score (nSPS) is 21.1. The number of benzene rings is 1. The fourth-order valence-electron chi connectivity index (χ4n) is 4.03. The van der Waals surface area contributed by atoms with Gasteiger partial charge in [-0.25, -0.2) is 0 Å². The Labute approximate surface area is 164 Å². The lowest BCUT2D eigenvalue weighted by Gasteiger charge is -2.38. The van der Waals surface area contributed by atoms with Crippen molar-refractivity contribution in [2.24, 2.45) is 5.41 Å². The zero-order valence-corrected chi connectivity index (χ0v) is 16.2. The second-order valence-corrected chi connectivity index (χ2v) is 8.01. The summed E-state index contributed by atoms with van der Waals surface area (Å²) in [5, 5.41) is 10.0. The summed E-state index contributed by atoms with van der Waals surface area (Å²) in [5.41, 5.74) is 1.75. The van der Waals surface area contributed by atoms with E-state index in [1.54, 1.807) is 11.7 Å². The fraction of sp³-hybridized carbons (Fsp3) is 0.304. The third kappa shape index (κ3) is 3.01. The molecule has 0 amide bonds. The van der Waals surface area contributed by atoms with E-state index < -0.39 is 5.92 Å². The summed E-state index contributed by atoms with van der Waals surface area (Å²) >= 11 is 0. The van der Waals surface area contributed by atoms with Crippen LogP contribution in [0.1, 0.15) is 38.2 Å². The van der Waals surface area contributed by atoms with Crippen LogP contribution in [0.5, 0.6) is 5.75 Å². The molecule has 0 saturated carbocycles. The van der Waals surface area contributed by atoms with Crippen molar-refractivity contribution in [3.05, 3.63) is 71.3 Å². The van der Waals surface area contributed by atoms with Crippen LogP contribution in [-0.4, -0.2) is 17.5 Å². The molecule has 5 heteroatoms. The van der Waals surface area contributed by atoms with E-state index in [0.717, 1.165) is 11.3 Å². The van der Waals surface area contributed by atoms with E-state index >= 15 is 0 Å². The molecule has 2 aliphatic rings. The van der Waals surface area contributed by atoms with Gasteiger partial charge in [0.25, 0.3) is 0 Å². The molecular weight excluding hydrogens is 352 g/mol. The summed E-state index contributed by atoms with van der Waals surface area (Å²) in [5.74, 6) is 1.48. The first-order chi connectivity index (χ1) is 13.4. The molecule has 0 saturated heterocycles. The molecule has 142 valence electrons. The Balaban J connectivity index is 1.92. The SMILES string of the molecule is COc1ccc([C@@H]2C(C#N)=C(n3cccc3)OC3=C2C(=O)CC(C)(C)C3)cc1. The Morgan fingerprint density at radius 1 is 1.18 bits per heavy atom. The van der Waals surface area contributed by atoms with Gasteiger partial charge in [-0.15, -0.1) is 0 Å². The van der Waals surface area contributed by atoms with Gasteiger partial charge in [0.15, 0.2) is 5.78 Å². The number of rotatable bonds is 3. The molecule has 1 aromatic heterocycles. The van der Waals surface area contributed by atoms with Crippen LogP contribution in [0.25, 0.3) is 5.88 Å². The molecule has 1 aromatic carbocycles. The standard InChI is InChI=1S/C23H22N2O3/c1-23(2)12-18(26)21-19(13-23)28-22(25-10-4-5-11-25)17(14-24)20(21)15-6-8-16(27-3)9-7-15/h4-11,20H,12-13H2,1-3H3/t20-/m1/s1. The van der Waals surface area contributed by atoms with Gasteiger partial charge in [-0.2, -0.15) is 5.26 Å². The molecule has 5 nitrogen and oxygen atoms in total. The third-order valence-electron chi connectivity index (χ3n) is 5.32. The molecule has 0 spiro atoms. The number of carbonyl (C=O) groups is 1. The van der Waals surface area contributed by atoms with E-state index in [1.807, 2.05) is 48.8 Å². The molecule has 0 radical (unpaired) electrons. The maximum Gasteiger partial charge on any atom is 0.218 e. The number of ether oxygens (including phenoxy) is 2. The van der Waals surface area contributed by atoms with Gasteiger partial charge >= 0.3 is 0 Å². The predicted octanol–water partition coefficient (Wildman–Crippen LogP) is 4.65. The molecule has 0 unspecified atom stereocenters. The van der Waals surface area contributed by atoms with Crippen molar-refractivity contribution in [1.82, 2.24) is 4.57 Å². The molecule has 0 N–H and O–H groups in total. The second kappa shape index (κ2) is 6.72. The van der Waals surface area contributed by atoms with E-state index in [2.05, 4.69) is 19.9 Å². The third-order valence-corrected chi connectivity index (χ3v) is 5.32. The quantitative estimate of drug-likeness (QED) is 0.785. The van der Waals surface area contributed by atoms with Crippen LogP contribution in [-0.2, 0) is 9.53 Å². The highest BCUT2D eigenvalue weighted by Gasteiger charge is 2.43. The number of allylic oxidation sites excluding steroid dienone is 3. The molecule has 4 rings (SSSR count). The zero-order valence-electron chi connectivity index (χ0n) is 16.2. The number of carbonyl (C=O) groups excluding carboxylic acids is 1. The summed E-state index contributed by atoms with van der Waals surface area (Å²) in [6.07, 6.45) is 4.79. The van der Waals surface area contributed by atoms with E-state index in [-0.39, 0.29) is 11.2 Å². The molecule has 0 bridgehead atoms. The van der Waals surface area contributed by atoms with Crippen molar-refractivity contribution in [2.75, 3.05) is 7.11 Å². The van der Waals surface area contributed by atoms with Gasteiger partial charge in [-0.3, -0.25) is 9.36 Å². The number of Topliss-reactive ketones (excluding diaryl/α,β-unsaturated/α-hetero) is 1. The topological polar surface area (TPSA) is 64.2 Å². The van der Waals surface area contributed by atoms with Crippen LogP contribution in [0.2, 0.25) is 0 Å². The first-order valence-corrected chi connectivity index (χ1v) is 9.29. The highest BCUT2D eigenvalue weighted by Crippen LogP contribution is 2.49. The first-order valence-electron chi connectivity index (χ1n) is 9.29. The van der Waals surface area contributed by atoms with Crippen LogP contribution in [0.15, 0.2) is 65.7 Å². The predicted molar refractivity (Wildman–Crippen MR) is 105 cm³/mol. The minimum absolute atomic E-state index is 0.0476. The number of aromatic nitrogens is 1. The van der Waals surface area contributed by atoms with Crippen molar-refractivity contribution in [2.45, 2.75) is 32.6 Å². The Hall–Kier alpha value is -3.26. The minimum atomic E-state index is -0.444. The van der Waals surface area contributed by atoms with Crippen LogP contribution in [0, 0.1) is 16.7 Å². The molecule has 2 aromatic rings. The van der Waals surface area contributed by atoms with Crippen LogP contribution < -0.4 is 4.74 Å². The van der Waals surface area contributed by atoms with Gasteiger partial charge in [0, 0.05) is 30.8 Å². The molecule has 28 heavy (non-hydrogen) atoms. The van der Waals surface area contributed by atoms with E-state index in [4.69, 9.17) is 9.47 Å². The molecule has 2 heterocycles. The molecule has 1 aliphatic carbocycles. The Kier molecular flexibility index (Phi) is 4.35. The lowest BCUT2D eigenvalue weighted by molar-refractivity contribution is -0.118. The first kappa shape index (κ1) is 18.1. The summed E-state index contributed by atoms with van der Waals surface area (Å²) in [6, 6.07) is 13.6. The lowest BCUT2D eigenvalue weighted by atomic mass is 9.70. The highest BCUT2D eigenvalue weighted by molar-refractivity contribution is 6.00. The molecule has 1 aliphatic heterocycles. The number of nitrogens with zero attached hydrogens (tertiary/aromatic N) is 2. The largest absolute Gasteiger partial charge is 0.497 e. The second-order valence-electron chi connectivity index (χ2n) is 8.01. The zero-order chi connectivity index (χ0) is 19.9. The minimum Gasteiger partial charge on any atom is -0.497 e. The summed E-state index contributed by atoms with van der Waals surface area (Å²) < 4.78 is 13.3. The molecule has 0 fully saturated rings. The van der Waals surface area contributed by atoms with Crippen molar-refractivity contribution >= 4 is 11.7 Å². The van der Waals surface area contributed by atoms with E-state index in [1.165, 1.54) is 0 Å². The van der Waals surface area contributed by atoms with Gasteiger partial charge in [-0.05, 0) is 35.2 Å². The maximum atomic E-state index is 13.1. The van der Waals surface area contributed by atoms with Crippen LogP contribution in [0.3, 0.4) is 0 Å². The van der Waals surface area contributed by atoms with Crippen molar-refractivity contribution in [3.63, 3.8) is 0 Å². The summed E-state index contributed by atoms with van der Waals surface area (Å²) in [7, 11) is 1.61. The number of ketones is 1. The van der Waals surface area contributed by atoms with Gasteiger partial charge < -0.3 is 9.47 Å². The van der Waals surface area contributed by atoms with E-state index in [9.17, 15) is 10.1 Å². The summed E-state index contributed by atoms with van der Waals surface area (Å²) in [6.45, 7) is 4.14. The monoisotopic (exact) mass is 374 g/mol. The molecule has 1 atom stereocenters. The number of methoxy groups -OCH3 is 1. The lowest BCUT2D eigenvalue weighted by Crippen LogP contribution is -2.32. The van der Waals surface area contributed by atoms with Crippen LogP contribution in [0.4, 0.5) is 0 Å². The average Bonchev–Trinajstić information content (AvgIpc) is 3.20. The number of hydrogen-bond donors (Lipinski definition) is 0. The van der Waals surface area contributed by atoms with Gasteiger partial charge in [-0.1, -0.05) is 26.0 Å². The van der Waals surface area contributed by atoms with E-state index in [0.29, 0.717) is 35.6 Å². The number of hydrogen-bond acceptors (Lipinski definition) is 4. The smallest absolute Gasteiger partial charge is 0.218 e. The van der Waals surface area contributed by atoms with Gasteiger partial charge in [0.2, 0.25) is 5.88 Å². The van der Waals surface area contributed by atoms with Crippen LogP contribution >= 0.6 is 0 Å². The van der Waals surface area contributed by atoms with Crippen molar-refractivity contribution < 1.29 is 14.3 Å². The van der Waals surface area contributed by atoms with Gasteiger partial charge in [0.1, 0.15) is 23.2 Å². The van der Waals surface area contributed by atoms with Crippen molar-refractivity contribution in [1.29, 1.82) is 5.26 Å². The maximum absolute atomic E-state index is 13.1. The van der Waals surface area contributed by atoms with Crippen molar-refractivity contribution in [3.8, 4) is 11.8 Å². The Bertz CT molecular complexity index is 1020. The highest BCUT2D eigenvalue weighted by atomic mass is 16.5. The molecular formula is C23H22N2O3. The number of nitriles is 1. The average molecular weight is 374 g/mol.